The molecule has 0 aromatic carbocycles. The van der Waals surface area contributed by atoms with Gasteiger partial charge in [-0.05, 0) is 20.3 Å². The molecule has 0 aliphatic rings. The molecule has 0 heterocycles. The van der Waals surface area contributed by atoms with Crippen molar-refractivity contribution < 1.29 is 18.7 Å². The van der Waals surface area contributed by atoms with Crippen LogP contribution in [0.5, 0.6) is 0 Å². The van der Waals surface area contributed by atoms with E-state index in [4.69, 9.17) is 10.1 Å². The molecule has 0 aliphatic heterocycles. The van der Waals surface area contributed by atoms with Crippen molar-refractivity contribution in [3.8, 4) is 0 Å². The van der Waals surface area contributed by atoms with E-state index in [1.54, 1.807) is 27.7 Å². The summed E-state index contributed by atoms with van der Waals surface area (Å²) < 4.78 is 24.0. The summed E-state index contributed by atoms with van der Waals surface area (Å²) in [5, 5.41) is 7.49. The number of esters is 1. The van der Waals surface area contributed by atoms with Crippen LogP contribution in [0.3, 0.4) is 0 Å². The molecule has 0 aliphatic carbocycles. The molecule has 94 valence electrons. The third-order valence-electron chi connectivity index (χ3n) is 2.48. The summed E-state index contributed by atoms with van der Waals surface area (Å²) in [4.78, 5) is 11.6. The second-order valence-corrected chi connectivity index (χ2v) is 3.50. The van der Waals surface area contributed by atoms with Crippen molar-refractivity contribution in [3.05, 3.63) is 0 Å². The molecular weight excluding hydrogens is 213 g/mol. The summed E-state index contributed by atoms with van der Waals surface area (Å²) in [7, 11) is 0. The van der Waals surface area contributed by atoms with Gasteiger partial charge in [0.25, 0.3) is 5.67 Å². The fourth-order valence-electron chi connectivity index (χ4n) is 1.28. The Kier molecular flexibility index (Phi) is 6.00. The first-order valence-corrected chi connectivity index (χ1v) is 5.52. The van der Waals surface area contributed by atoms with E-state index in [-0.39, 0.29) is 13.2 Å². The predicted octanol–water partition coefficient (Wildman–Crippen LogP) is 2.32. The number of carbonyl (C=O) groups is 1. The summed E-state index contributed by atoms with van der Waals surface area (Å²) in [6.07, 6.45) is 0.421. The van der Waals surface area contributed by atoms with Gasteiger partial charge in [0.2, 0.25) is 5.90 Å². The summed E-state index contributed by atoms with van der Waals surface area (Å²) >= 11 is 0. The van der Waals surface area contributed by atoms with Crippen LogP contribution in [0.1, 0.15) is 34.1 Å². The zero-order chi connectivity index (χ0) is 12.8. The molecule has 0 fully saturated rings. The minimum atomic E-state index is -2.47. The number of rotatable bonds is 6. The highest BCUT2D eigenvalue weighted by atomic mass is 19.1. The highest BCUT2D eigenvalue weighted by Crippen LogP contribution is 2.28. The number of hydrogen-bond acceptors (Lipinski definition) is 4. The molecular formula is C11H20FNO3. The van der Waals surface area contributed by atoms with E-state index in [2.05, 4.69) is 4.74 Å². The molecule has 0 radical (unpaired) electrons. The summed E-state index contributed by atoms with van der Waals surface area (Å²) in [6.45, 7) is 6.78. The number of alkyl halides is 1. The Bertz CT molecular complexity index is 238. The summed E-state index contributed by atoms with van der Waals surface area (Å²) in [5.41, 5.74) is -2.47. The van der Waals surface area contributed by atoms with E-state index in [0.29, 0.717) is 6.42 Å². The molecule has 2 unspecified atom stereocenters. The van der Waals surface area contributed by atoms with Crippen LogP contribution in [0.15, 0.2) is 0 Å². The van der Waals surface area contributed by atoms with Crippen molar-refractivity contribution >= 4 is 11.9 Å². The Morgan fingerprint density at radius 1 is 1.31 bits per heavy atom. The topological polar surface area (TPSA) is 59.4 Å². The Labute approximate surface area is 95.6 Å². The van der Waals surface area contributed by atoms with Crippen LogP contribution in [0.4, 0.5) is 4.39 Å². The normalized spacial score (nSPS) is 16.1. The molecule has 0 saturated carbocycles. The van der Waals surface area contributed by atoms with Crippen LogP contribution < -0.4 is 0 Å². The largest absolute Gasteiger partial charge is 0.479 e. The average molecular weight is 233 g/mol. The van der Waals surface area contributed by atoms with Crippen LogP contribution in [-0.4, -0.2) is 30.7 Å². The van der Waals surface area contributed by atoms with Gasteiger partial charge in [-0.25, -0.2) is 9.18 Å². The van der Waals surface area contributed by atoms with Gasteiger partial charge in [0, 0.05) is 5.92 Å². The number of carbonyl (C=O) groups excluding carboxylic acids is 1. The fourth-order valence-corrected chi connectivity index (χ4v) is 1.28. The van der Waals surface area contributed by atoms with E-state index < -0.39 is 23.5 Å². The van der Waals surface area contributed by atoms with Gasteiger partial charge in [-0.3, -0.25) is 5.41 Å². The van der Waals surface area contributed by atoms with Crippen molar-refractivity contribution in [2.75, 3.05) is 13.2 Å². The maximum absolute atomic E-state index is 14.5. The van der Waals surface area contributed by atoms with Gasteiger partial charge in [-0.2, -0.15) is 0 Å². The Balaban J connectivity index is 5.02. The summed E-state index contributed by atoms with van der Waals surface area (Å²) in [5.74, 6) is -2.35. The molecule has 2 atom stereocenters. The van der Waals surface area contributed by atoms with Gasteiger partial charge >= 0.3 is 5.97 Å². The predicted molar refractivity (Wildman–Crippen MR) is 59.3 cm³/mol. The smallest absolute Gasteiger partial charge is 0.354 e. The first kappa shape index (κ1) is 14.9. The number of nitrogens with one attached hydrogen (secondary N) is 1. The van der Waals surface area contributed by atoms with E-state index in [9.17, 15) is 9.18 Å². The van der Waals surface area contributed by atoms with Gasteiger partial charge in [0.15, 0.2) is 0 Å². The lowest BCUT2D eigenvalue weighted by Crippen LogP contribution is -2.49. The van der Waals surface area contributed by atoms with Crippen LogP contribution in [0, 0.1) is 11.3 Å². The molecule has 0 aromatic rings. The molecule has 0 spiro atoms. The molecule has 0 amide bonds. The van der Waals surface area contributed by atoms with Crippen LogP contribution in [0.25, 0.3) is 0 Å². The fraction of sp³-hybridized carbons (Fsp3) is 0.818. The zero-order valence-electron chi connectivity index (χ0n) is 10.3. The van der Waals surface area contributed by atoms with E-state index >= 15 is 0 Å². The maximum atomic E-state index is 14.5. The average Bonchev–Trinajstić information content (AvgIpc) is 2.27. The second kappa shape index (κ2) is 6.45. The minimum Gasteiger partial charge on any atom is -0.479 e. The number of halogens is 1. The molecule has 0 bridgehead atoms. The molecule has 16 heavy (non-hydrogen) atoms. The molecule has 4 nitrogen and oxygen atoms in total. The Hall–Kier alpha value is -1.13. The highest BCUT2D eigenvalue weighted by Gasteiger charge is 2.50. The third kappa shape index (κ3) is 2.93. The minimum absolute atomic E-state index is 0.0837. The lowest BCUT2D eigenvalue weighted by molar-refractivity contribution is -0.156. The van der Waals surface area contributed by atoms with Crippen molar-refractivity contribution in [1.29, 1.82) is 5.41 Å². The molecule has 1 N–H and O–H groups in total. The van der Waals surface area contributed by atoms with Gasteiger partial charge in [0.05, 0.1) is 13.2 Å². The lowest BCUT2D eigenvalue weighted by atomic mass is 9.88. The van der Waals surface area contributed by atoms with Crippen LogP contribution >= 0.6 is 0 Å². The first-order valence-electron chi connectivity index (χ1n) is 5.52. The molecule has 0 saturated heterocycles. The van der Waals surface area contributed by atoms with Gasteiger partial charge in [0.1, 0.15) is 0 Å². The van der Waals surface area contributed by atoms with Gasteiger partial charge < -0.3 is 9.47 Å². The standard InChI is InChI=1S/C11H20FNO3/c1-5-8(4)11(12,9(13)15-6-2)10(14)16-7-3/h8,13H,5-7H2,1-4H3. The molecule has 5 heteroatoms. The second-order valence-electron chi connectivity index (χ2n) is 3.50. The highest BCUT2D eigenvalue weighted by molar-refractivity contribution is 6.05. The zero-order valence-corrected chi connectivity index (χ0v) is 10.3. The van der Waals surface area contributed by atoms with E-state index in [1.165, 1.54) is 0 Å². The quantitative estimate of drug-likeness (QED) is 0.435. The van der Waals surface area contributed by atoms with Crippen LogP contribution in [-0.2, 0) is 14.3 Å². The van der Waals surface area contributed by atoms with E-state index in [1.807, 2.05) is 0 Å². The SMILES string of the molecule is CCOC(=N)C(F)(C(=O)OCC)C(C)CC. The maximum Gasteiger partial charge on any atom is 0.354 e. The van der Waals surface area contributed by atoms with Crippen LogP contribution in [0.2, 0.25) is 0 Å². The van der Waals surface area contributed by atoms with E-state index in [0.717, 1.165) is 0 Å². The van der Waals surface area contributed by atoms with Gasteiger partial charge in [-0.15, -0.1) is 0 Å². The summed E-state index contributed by atoms with van der Waals surface area (Å²) in [6, 6.07) is 0. The van der Waals surface area contributed by atoms with Crippen molar-refractivity contribution in [2.24, 2.45) is 5.92 Å². The van der Waals surface area contributed by atoms with Crippen molar-refractivity contribution in [2.45, 2.75) is 39.8 Å². The monoisotopic (exact) mass is 233 g/mol. The number of hydrogen-bond donors (Lipinski definition) is 1. The first-order chi connectivity index (χ1) is 7.44. The Morgan fingerprint density at radius 2 is 1.81 bits per heavy atom. The molecule has 0 rings (SSSR count). The third-order valence-corrected chi connectivity index (χ3v) is 2.48. The molecule has 0 aromatic heterocycles. The van der Waals surface area contributed by atoms with Gasteiger partial charge in [-0.1, -0.05) is 13.8 Å². The van der Waals surface area contributed by atoms with Crippen molar-refractivity contribution in [3.63, 3.8) is 0 Å². The number of ether oxygens (including phenoxy) is 2. The van der Waals surface area contributed by atoms with Crippen molar-refractivity contribution in [1.82, 2.24) is 0 Å². The lowest BCUT2D eigenvalue weighted by Gasteiger charge is -2.28. The Morgan fingerprint density at radius 3 is 2.19 bits per heavy atom.